The summed E-state index contributed by atoms with van der Waals surface area (Å²) in [4.78, 5) is 23.7. The summed E-state index contributed by atoms with van der Waals surface area (Å²) < 4.78 is 24.1. The van der Waals surface area contributed by atoms with E-state index >= 15 is 0 Å². The van der Waals surface area contributed by atoms with Gasteiger partial charge in [0.15, 0.2) is 9.84 Å². The van der Waals surface area contributed by atoms with Crippen LogP contribution in [0.25, 0.3) is 0 Å². The molecule has 0 saturated heterocycles. The van der Waals surface area contributed by atoms with Crippen molar-refractivity contribution >= 4 is 27.2 Å². The molecular formula is C21H28N4O3S. The molecule has 1 heterocycles. The van der Waals surface area contributed by atoms with Crippen LogP contribution in [0, 0.1) is 12.8 Å². The number of nitrogens with zero attached hydrogens (tertiary/aromatic N) is 3. The number of rotatable bonds is 9. The Bertz CT molecular complexity index is 987. The fourth-order valence-corrected chi connectivity index (χ4v) is 4.11. The number of anilines is 2. The quantitative estimate of drug-likeness (QED) is 0.673. The normalized spacial score (nSPS) is 13.9. The summed E-state index contributed by atoms with van der Waals surface area (Å²) in [7, 11) is -3.28. The van der Waals surface area contributed by atoms with E-state index in [1.807, 2.05) is 0 Å². The zero-order valence-electron chi connectivity index (χ0n) is 17.2. The molecule has 1 aromatic heterocycles. The Balaban J connectivity index is 1.77. The lowest BCUT2D eigenvalue weighted by Gasteiger charge is -2.23. The summed E-state index contributed by atoms with van der Waals surface area (Å²) in [6.45, 7) is 7.35. The molecule has 1 aromatic carbocycles. The number of nitrogens with one attached hydrogen (secondary N) is 1. The molecule has 7 nitrogen and oxygen atoms in total. The van der Waals surface area contributed by atoms with E-state index in [0.717, 1.165) is 25.3 Å². The molecule has 0 spiro atoms. The van der Waals surface area contributed by atoms with Crippen LogP contribution < -0.4 is 10.2 Å². The monoisotopic (exact) mass is 416 g/mol. The fraction of sp³-hybridized carbons (Fsp3) is 0.476. The minimum Gasteiger partial charge on any atom is -0.356 e. The topological polar surface area (TPSA) is 92.3 Å². The number of sulfone groups is 1. The third-order valence-electron chi connectivity index (χ3n) is 5.06. The number of carbonyl (C=O) groups is 1. The SMILES string of the molecule is CCCN(CC1CC1)c1cc(C(=O)Nc2ccc(S(=O)(=O)CC)cc2C)ncn1. The Hall–Kier alpha value is -2.48. The first-order chi connectivity index (χ1) is 13.8. The van der Waals surface area contributed by atoms with Gasteiger partial charge in [-0.15, -0.1) is 0 Å². The highest BCUT2D eigenvalue weighted by molar-refractivity contribution is 7.91. The Labute approximate surface area is 172 Å². The molecule has 1 fully saturated rings. The molecule has 0 aliphatic heterocycles. The van der Waals surface area contributed by atoms with Crippen LogP contribution in [0.4, 0.5) is 11.5 Å². The van der Waals surface area contributed by atoms with Gasteiger partial charge in [0.2, 0.25) is 0 Å². The Morgan fingerprint density at radius 2 is 1.97 bits per heavy atom. The van der Waals surface area contributed by atoms with Gasteiger partial charge in [-0.3, -0.25) is 4.79 Å². The summed E-state index contributed by atoms with van der Waals surface area (Å²) in [5.74, 6) is 1.18. The van der Waals surface area contributed by atoms with Crippen molar-refractivity contribution in [1.82, 2.24) is 9.97 Å². The molecule has 0 unspecified atom stereocenters. The van der Waals surface area contributed by atoms with Gasteiger partial charge in [0.1, 0.15) is 17.8 Å². The van der Waals surface area contributed by atoms with Crippen molar-refractivity contribution in [2.45, 2.75) is 44.9 Å². The first kappa shape index (κ1) is 21.2. The summed E-state index contributed by atoms with van der Waals surface area (Å²) in [5.41, 5.74) is 1.54. The van der Waals surface area contributed by atoms with Gasteiger partial charge in [-0.2, -0.15) is 0 Å². The predicted octanol–water partition coefficient (Wildman–Crippen LogP) is 3.46. The maximum absolute atomic E-state index is 12.7. The fourth-order valence-electron chi connectivity index (χ4n) is 3.15. The lowest BCUT2D eigenvalue weighted by atomic mass is 10.2. The van der Waals surface area contributed by atoms with Gasteiger partial charge in [-0.05, 0) is 55.9 Å². The van der Waals surface area contributed by atoms with Crippen LogP contribution in [0.1, 0.15) is 49.2 Å². The molecule has 1 aliphatic carbocycles. The van der Waals surface area contributed by atoms with Gasteiger partial charge in [-0.1, -0.05) is 13.8 Å². The van der Waals surface area contributed by atoms with Crippen molar-refractivity contribution in [2.24, 2.45) is 5.92 Å². The van der Waals surface area contributed by atoms with E-state index < -0.39 is 9.84 Å². The highest BCUT2D eigenvalue weighted by atomic mass is 32.2. The van der Waals surface area contributed by atoms with Crippen LogP contribution in [0.5, 0.6) is 0 Å². The molecule has 3 rings (SSSR count). The van der Waals surface area contributed by atoms with Gasteiger partial charge in [-0.25, -0.2) is 18.4 Å². The highest BCUT2D eigenvalue weighted by Crippen LogP contribution is 2.31. The second-order valence-corrected chi connectivity index (χ2v) is 9.76. The first-order valence-corrected chi connectivity index (χ1v) is 11.7. The molecule has 0 atom stereocenters. The molecule has 1 amide bonds. The molecule has 0 radical (unpaired) electrons. The van der Waals surface area contributed by atoms with E-state index in [2.05, 4.69) is 27.1 Å². The smallest absolute Gasteiger partial charge is 0.274 e. The number of hydrogen-bond acceptors (Lipinski definition) is 6. The van der Waals surface area contributed by atoms with Crippen molar-refractivity contribution in [1.29, 1.82) is 0 Å². The largest absolute Gasteiger partial charge is 0.356 e. The van der Waals surface area contributed by atoms with Crippen molar-refractivity contribution in [3.8, 4) is 0 Å². The first-order valence-electron chi connectivity index (χ1n) is 10.1. The third kappa shape index (κ3) is 5.32. The average molecular weight is 417 g/mol. The van der Waals surface area contributed by atoms with Gasteiger partial charge >= 0.3 is 0 Å². The van der Waals surface area contributed by atoms with Crippen LogP contribution in [-0.4, -0.2) is 43.1 Å². The molecule has 29 heavy (non-hydrogen) atoms. The number of carbonyl (C=O) groups excluding carboxylic acids is 1. The van der Waals surface area contributed by atoms with Gasteiger partial charge in [0.05, 0.1) is 10.6 Å². The van der Waals surface area contributed by atoms with Gasteiger partial charge in [0, 0.05) is 24.8 Å². The van der Waals surface area contributed by atoms with E-state index in [-0.39, 0.29) is 22.2 Å². The van der Waals surface area contributed by atoms with Crippen molar-refractivity contribution in [3.05, 3.63) is 41.9 Å². The van der Waals surface area contributed by atoms with Crippen LogP contribution in [0.15, 0.2) is 35.5 Å². The number of aromatic nitrogens is 2. The molecule has 0 bridgehead atoms. The van der Waals surface area contributed by atoms with E-state index in [4.69, 9.17) is 0 Å². The van der Waals surface area contributed by atoms with E-state index in [1.54, 1.807) is 32.0 Å². The summed E-state index contributed by atoms with van der Waals surface area (Å²) in [6.07, 6.45) is 4.93. The Morgan fingerprint density at radius 3 is 2.59 bits per heavy atom. The summed E-state index contributed by atoms with van der Waals surface area (Å²) in [6, 6.07) is 6.44. The zero-order chi connectivity index (χ0) is 21.0. The molecule has 1 N–H and O–H groups in total. The maximum Gasteiger partial charge on any atom is 0.274 e. The van der Waals surface area contributed by atoms with Gasteiger partial charge in [0.25, 0.3) is 5.91 Å². The summed E-state index contributed by atoms with van der Waals surface area (Å²) >= 11 is 0. The molecular weight excluding hydrogens is 388 g/mol. The van der Waals surface area contributed by atoms with Crippen LogP contribution in [0.3, 0.4) is 0 Å². The number of benzene rings is 1. The lowest BCUT2D eigenvalue weighted by Crippen LogP contribution is -2.28. The van der Waals surface area contributed by atoms with E-state index in [9.17, 15) is 13.2 Å². The average Bonchev–Trinajstić information content (AvgIpc) is 3.53. The van der Waals surface area contributed by atoms with Crippen molar-refractivity contribution in [2.75, 3.05) is 29.1 Å². The lowest BCUT2D eigenvalue weighted by molar-refractivity contribution is 0.102. The zero-order valence-corrected chi connectivity index (χ0v) is 18.0. The maximum atomic E-state index is 12.7. The van der Waals surface area contributed by atoms with E-state index in [0.29, 0.717) is 17.2 Å². The predicted molar refractivity (Wildman–Crippen MR) is 114 cm³/mol. The van der Waals surface area contributed by atoms with E-state index in [1.165, 1.54) is 25.2 Å². The number of amides is 1. The molecule has 8 heteroatoms. The second kappa shape index (κ2) is 8.90. The van der Waals surface area contributed by atoms with Crippen LogP contribution >= 0.6 is 0 Å². The van der Waals surface area contributed by atoms with Gasteiger partial charge < -0.3 is 10.2 Å². The molecule has 2 aromatic rings. The molecule has 156 valence electrons. The van der Waals surface area contributed by atoms with Crippen molar-refractivity contribution < 1.29 is 13.2 Å². The third-order valence-corrected chi connectivity index (χ3v) is 6.80. The van der Waals surface area contributed by atoms with Crippen LogP contribution in [-0.2, 0) is 9.84 Å². The Kier molecular flexibility index (Phi) is 6.52. The molecule has 1 saturated carbocycles. The minimum atomic E-state index is -3.28. The van der Waals surface area contributed by atoms with Crippen molar-refractivity contribution in [3.63, 3.8) is 0 Å². The molecule has 1 aliphatic rings. The van der Waals surface area contributed by atoms with Crippen LogP contribution in [0.2, 0.25) is 0 Å². The second-order valence-electron chi connectivity index (χ2n) is 7.49. The highest BCUT2D eigenvalue weighted by Gasteiger charge is 2.25. The number of aryl methyl sites for hydroxylation is 1. The standard InChI is InChI=1S/C21H28N4O3S/c1-4-10-25(13-16-6-7-16)20-12-19(22-14-23-20)21(26)24-18-9-8-17(11-15(18)3)29(27,28)5-2/h8-9,11-12,14,16H,4-7,10,13H2,1-3H3,(H,24,26). The Morgan fingerprint density at radius 1 is 1.21 bits per heavy atom. The number of hydrogen-bond donors (Lipinski definition) is 1. The summed E-state index contributed by atoms with van der Waals surface area (Å²) in [5, 5.41) is 2.83. The minimum absolute atomic E-state index is 0.0387.